The van der Waals surface area contributed by atoms with E-state index in [-0.39, 0.29) is 23.8 Å². The molecule has 8 atom stereocenters. The number of hydrogen-bond donors (Lipinski definition) is 2. The molecule has 5 nitrogen and oxygen atoms in total. The first kappa shape index (κ1) is 20.1. The lowest BCUT2D eigenvalue weighted by atomic mass is 9.43. The number of nitrogens with two attached hydrogens (primary N) is 1. The number of carbonyl (C=O) groups is 2. The average molecular weight is 390 g/mol. The van der Waals surface area contributed by atoms with Crippen LogP contribution >= 0.6 is 0 Å². The summed E-state index contributed by atoms with van der Waals surface area (Å²) in [6, 6.07) is -0.0914. The second-order valence-corrected chi connectivity index (χ2v) is 10.5. The van der Waals surface area contributed by atoms with Crippen LogP contribution in [0.2, 0.25) is 0 Å². The molecule has 28 heavy (non-hydrogen) atoms. The summed E-state index contributed by atoms with van der Waals surface area (Å²) in [5.74, 6) is 0.484. The van der Waals surface area contributed by atoms with Crippen molar-refractivity contribution in [3.63, 3.8) is 0 Å². The minimum atomic E-state index is -1.14. The van der Waals surface area contributed by atoms with E-state index in [2.05, 4.69) is 26.8 Å². The van der Waals surface area contributed by atoms with Crippen LogP contribution < -0.4 is 5.73 Å². The molecule has 4 rings (SSSR count). The smallest absolute Gasteiger partial charge is 0.315 e. The topological polar surface area (TPSA) is 89.6 Å². The fourth-order valence-corrected chi connectivity index (χ4v) is 8.06. The van der Waals surface area contributed by atoms with E-state index in [4.69, 9.17) is 10.5 Å². The molecule has 8 unspecified atom stereocenters. The van der Waals surface area contributed by atoms with Gasteiger partial charge in [0.1, 0.15) is 11.7 Å². The third-order valence-corrected chi connectivity index (χ3v) is 8.86. The Morgan fingerprint density at radius 3 is 2.64 bits per heavy atom. The predicted octanol–water partition coefficient (Wildman–Crippen LogP) is 3.27. The molecule has 0 aromatic carbocycles. The number of ether oxygens (including phenoxy) is 1. The van der Waals surface area contributed by atoms with Gasteiger partial charge in [0.15, 0.2) is 0 Å². The van der Waals surface area contributed by atoms with Gasteiger partial charge in [-0.3, -0.25) is 4.79 Å². The first-order valence-corrected chi connectivity index (χ1v) is 10.9. The quantitative estimate of drug-likeness (QED) is 0.515. The van der Waals surface area contributed by atoms with Gasteiger partial charge in [0.2, 0.25) is 0 Å². The minimum Gasteiger partial charge on any atom is -0.481 e. The third-order valence-electron chi connectivity index (χ3n) is 8.86. The van der Waals surface area contributed by atoms with Crippen LogP contribution in [0.1, 0.15) is 53.4 Å². The summed E-state index contributed by atoms with van der Waals surface area (Å²) < 4.78 is 6.08. The molecule has 0 aromatic heterocycles. The summed E-state index contributed by atoms with van der Waals surface area (Å²) in [5, 5.41) is 10.8. The molecule has 0 spiro atoms. The monoisotopic (exact) mass is 389 g/mol. The normalized spacial score (nSPS) is 47.1. The molecule has 0 amide bonds. The molecule has 3 fully saturated rings. The summed E-state index contributed by atoms with van der Waals surface area (Å²) in [5.41, 5.74) is 4.40. The number of fused-ring (bicyclic) bond motifs is 2. The number of rotatable bonds is 7. The van der Waals surface area contributed by atoms with Crippen molar-refractivity contribution in [1.82, 2.24) is 0 Å². The molecule has 0 heterocycles. The summed E-state index contributed by atoms with van der Waals surface area (Å²) in [6.07, 6.45) is 6.83. The highest BCUT2D eigenvalue weighted by Gasteiger charge is 2.84. The average Bonchev–Trinajstić information content (AvgIpc) is 3.18. The summed E-state index contributed by atoms with van der Waals surface area (Å²) >= 11 is 0. The number of allylic oxidation sites excluding steroid dienone is 1. The van der Waals surface area contributed by atoms with Crippen molar-refractivity contribution in [3.8, 4) is 0 Å². The summed E-state index contributed by atoms with van der Waals surface area (Å²) in [7, 11) is 0. The standard InChI is InChI=1S/C23H35NO4/c1-13(2)19-7-16-8-21(11-25)18-6-5-14(3)17(18)9-22(16,12-28-10-15(4)24)23(19,21)20(26)27/h7,11,13-18H,5-6,8-10,12,24H2,1-4H3,(H,26,27). The Kier molecular flexibility index (Phi) is 4.59. The molecular formula is C23H35NO4. The largest absolute Gasteiger partial charge is 0.481 e. The maximum Gasteiger partial charge on any atom is 0.315 e. The van der Waals surface area contributed by atoms with Crippen molar-refractivity contribution in [3.05, 3.63) is 11.6 Å². The van der Waals surface area contributed by atoms with E-state index >= 15 is 0 Å². The SMILES string of the molecule is CC(N)COCC12CC3C(C)CCC3C3(C=O)CC1C=C(C(C)C)C32C(=O)O. The Morgan fingerprint density at radius 1 is 1.36 bits per heavy atom. The van der Waals surface area contributed by atoms with E-state index in [0.717, 1.165) is 31.1 Å². The van der Waals surface area contributed by atoms with Crippen LogP contribution in [0.15, 0.2) is 11.6 Å². The third kappa shape index (κ3) is 2.10. The molecule has 0 saturated heterocycles. The van der Waals surface area contributed by atoms with Crippen LogP contribution in [0, 0.1) is 45.8 Å². The molecule has 4 bridgehead atoms. The van der Waals surface area contributed by atoms with E-state index in [9.17, 15) is 14.7 Å². The molecule has 5 heteroatoms. The maximum absolute atomic E-state index is 13.2. The Morgan fingerprint density at radius 2 is 2.07 bits per heavy atom. The molecular weight excluding hydrogens is 354 g/mol. The number of aliphatic carboxylic acids is 1. The van der Waals surface area contributed by atoms with E-state index in [0.29, 0.717) is 31.5 Å². The van der Waals surface area contributed by atoms with Crippen molar-refractivity contribution in [2.75, 3.05) is 13.2 Å². The lowest BCUT2D eigenvalue weighted by Gasteiger charge is -2.58. The fourth-order valence-electron chi connectivity index (χ4n) is 8.06. The Labute approximate surface area is 168 Å². The molecule has 0 radical (unpaired) electrons. The van der Waals surface area contributed by atoms with Crippen molar-refractivity contribution < 1.29 is 19.4 Å². The van der Waals surface area contributed by atoms with Gasteiger partial charge in [0, 0.05) is 11.5 Å². The van der Waals surface area contributed by atoms with Crippen molar-refractivity contribution >= 4 is 12.3 Å². The van der Waals surface area contributed by atoms with Gasteiger partial charge in [-0.2, -0.15) is 0 Å². The highest BCUT2D eigenvalue weighted by Crippen LogP contribution is 2.82. The lowest BCUT2D eigenvalue weighted by Crippen LogP contribution is -2.63. The van der Waals surface area contributed by atoms with Crippen LogP contribution in [0.25, 0.3) is 0 Å². The van der Waals surface area contributed by atoms with Gasteiger partial charge >= 0.3 is 5.97 Å². The number of carbonyl (C=O) groups excluding carboxylic acids is 1. The second kappa shape index (κ2) is 6.40. The number of aldehydes is 1. The van der Waals surface area contributed by atoms with E-state index in [1.54, 1.807) is 0 Å². The van der Waals surface area contributed by atoms with Crippen LogP contribution in [-0.2, 0) is 14.3 Å². The fraction of sp³-hybridized carbons (Fsp3) is 0.826. The zero-order valence-corrected chi connectivity index (χ0v) is 17.6. The first-order chi connectivity index (χ1) is 13.2. The number of carboxylic acid groups (broad SMARTS) is 1. The Balaban J connectivity index is 1.90. The number of carboxylic acids is 1. The first-order valence-electron chi connectivity index (χ1n) is 10.9. The van der Waals surface area contributed by atoms with Crippen LogP contribution in [0.3, 0.4) is 0 Å². The Hall–Kier alpha value is -1.20. The molecule has 4 aliphatic rings. The summed E-state index contributed by atoms with van der Waals surface area (Å²) in [6.45, 7) is 9.10. The van der Waals surface area contributed by atoms with Gasteiger partial charge in [0.05, 0.1) is 18.6 Å². The summed E-state index contributed by atoms with van der Waals surface area (Å²) in [4.78, 5) is 26.0. The zero-order chi connectivity index (χ0) is 20.5. The van der Waals surface area contributed by atoms with E-state index in [1.165, 1.54) is 0 Å². The lowest BCUT2D eigenvalue weighted by molar-refractivity contribution is -0.186. The van der Waals surface area contributed by atoms with Crippen LogP contribution in [0.5, 0.6) is 0 Å². The van der Waals surface area contributed by atoms with Gasteiger partial charge in [-0.1, -0.05) is 38.8 Å². The predicted molar refractivity (Wildman–Crippen MR) is 106 cm³/mol. The van der Waals surface area contributed by atoms with Gasteiger partial charge in [-0.15, -0.1) is 0 Å². The van der Waals surface area contributed by atoms with Gasteiger partial charge < -0.3 is 20.4 Å². The molecule has 156 valence electrons. The second-order valence-electron chi connectivity index (χ2n) is 10.5. The van der Waals surface area contributed by atoms with Crippen molar-refractivity contribution in [2.24, 2.45) is 51.6 Å². The molecule has 4 aliphatic carbocycles. The molecule has 0 aliphatic heterocycles. The van der Waals surface area contributed by atoms with Crippen LogP contribution in [-0.4, -0.2) is 36.6 Å². The van der Waals surface area contributed by atoms with Gasteiger partial charge in [-0.05, 0) is 55.8 Å². The van der Waals surface area contributed by atoms with Crippen molar-refractivity contribution in [2.45, 2.75) is 59.4 Å². The number of hydrogen-bond acceptors (Lipinski definition) is 4. The zero-order valence-electron chi connectivity index (χ0n) is 17.6. The molecule has 3 saturated carbocycles. The van der Waals surface area contributed by atoms with Crippen LogP contribution in [0.4, 0.5) is 0 Å². The van der Waals surface area contributed by atoms with Gasteiger partial charge in [0.25, 0.3) is 0 Å². The Bertz CT molecular complexity index is 715. The highest BCUT2D eigenvalue weighted by molar-refractivity contribution is 5.90. The van der Waals surface area contributed by atoms with E-state index < -0.39 is 22.2 Å². The molecule has 3 N–H and O–H groups in total. The minimum absolute atomic E-state index is 0.0914. The van der Waals surface area contributed by atoms with Crippen molar-refractivity contribution in [1.29, 1.82) is 0 Å². The van der Waals surface area contributed by atoms with Gasteiger partial charge in [-0.25, -0.2) is 0 Å². The van der Waals surface area contributed by atoms with E-state index in [1.807, 2.05) is 6.92 Å². The maximum atomic E-state index is 13.2. The molecule has 0 aromatic rings. The highest BCUT2D eigenvalue weighted by atomic mass is 16.5.